The van der Waals surface area contributed by atoms with Crippen molar-refractivity contribution in [2.24, 2.45) is 5.92 Å². The molecule has 28 heavy (non-hydrogen) atoms. The summed E-state index contributed by atoms with van der Waals surface area (Å²) in [5.74, 6) is 1.53. The number of anilines is 1. The van der Waals surface area contributed by atoms with E-state index in [1.54, 1.807) is 12.4 Å². The van der Waals surface area contributed by atoms with Gasteiger partial charge in [0.1, 0.15) is 0 Å². The highest BCUT2D eigenvalue weighted by molar-refractivity contribution is 5.78. The van der Waals surface area contributed by atoms with Gasteiger partial charge in [-0.15, -0.1) is 0 Å². The first-order valence-electron chi connectivity index (χ1n) is 10.1. The first-order chi connectivity index (χ1) is 13.7. The van der Waals surface area contributed by atoms with Crippen LogP contribution in [0.5, 0.6) is 0 Å². The number of amides is 1. The van der Waals surface area contributed by atoms with Crippen LogP contribution in [0.15, 0.2) is 29.0 Å². The van der Waals surface area contributed by atoms with Crippen molar-refractivity contribution >= 4 is 11.9 Å². The van der Waals surface area contributed by atoms with E-state index >= 15 is 0 Å². The van der Waals surface area contributed by atoms with E-state index in [1.165, 1.54) is 0 Å². The third-order valence-corrected chi connectivity index (χ3v) is 5.79. The molecule has 2 saturated heterocycles. The maximum Gasteiger partial charge on any atom is 0.266 e. The van der Waals surface area contributed by atoms with Crippen LogP contribution in [0.2, 0.25) is 0 Å². The molecule has 8 nitrogen and oxygen atoms in total. The Morgan fingerprint density at radius 1 is 1.29 bits per heavy atom. The lowest BCUT2D eigenvalue weighted by molar-refractivity contribution is -0.127. The third kappa shape index (κ3) is 4.49. The van der Waals surface area contributed by atoms with Gasteiger partial charge < -0.3 is 14.7 Å². The Balaban J connectivity index is 1.26. The van der Waals surface area contributed by atoms with Crippen molar-refractivity contribution in [3.63, 3.8) is 0 Å². The second kappa shape index (κ2) is 8.68. The molecule has 150 valence electrons. The lowest BCUT2D eigenvalue weighted by atomic mass is 9.93. The van der Waals surface area contributed by atoms with Gasteiger partial charge in [0.2, 0.25) is 11.8 Å². The summed E-state index contributed by atoms with van der Waals surface area (Å²) in [6.45, 7) is 6.15. The summed E-state index contributed by atoms with van der Waals surface area (Å²) in [5, 5.41) is 7.11. The number of hydrogen-bond donors (Lipinski definition) is 1. The quantitative estimate of drug-likeness (QED) is 0.840. The molecule has 2 aromatic rings. The van der Waals surface area contributed by atoms with E-state index in [-0.39, 0.29) is 11.8 Å². The largest absolute Gasteiger partial charge is 0.352 e. The summed E-state index contributed by atoms with van der Waals surface area (Å²) in [6.07, 6.45) is 7.72. The standard InChI is InChI=1S/C20H28N6O2/c1-15-23-20(24-28-15)25-10-6-18(7-11-25)26-9-3-5-17(14-26)19(27)22-13-16-4-2-8-21-12-16/h2,4,8,12,17-18H,3,5-7,9-11,13-14H2,1H3,(H,22,27)/t17-/m1/s1. The average Bonchev–Trinajstić information content (AvgIpc) is 3.19. The highest BCUT2D eigenvalue weighted by Crippen LogP contribution is 2.25. The Kier molecular flexibility index (Phi) is 5.85. The van der Waals surface area contributed by atoms with E-state index in [1.807, 2.05) is 19.1 Å². The van der Waals surface area contributed by atoms with Crippen molar-refractivity contribution in [1.82, 2.24) is 25.3 Å². The number of hydrogen-bond acceptors (Lipinski definition) is 7. The Bertz CT molecular complexity index is 772. The number of nitrogens with zero attached hydrogens (tertiary/aromatic N) is 5. The highest BCUT2D eigenvalue weighted by Gasteiger charge is 2.32. The molecule has 4 rings (SSSR count). The van der Waals surface area contributed by atoms with Gasteiger partial charge in [0.05, 0.1) is 5.92 Å². The number of piperidine rings is 2. The van der Waals surface area contributed by atoms with Crippen molar-refractivity contribution in [2.75, 3.05) is 31.1 Å². The molecule has 4 heterocycles. The number of aryl methyl sites for hydroxylation is 1. The monoisotopic (exact) mass is 384 g/mol. The molecule has 2 aromatic heterocycles. The summed E-state index contributed by atoms with van der Waals surface area (Å²) in [6, 6.07) is 4.41. The van der Waals surface area contributed by atoms with E-state index < -0.39 is 0 Å². The summed E-state index contributed by atoms with van der Waals surface area (Å²) < 4.78 is 5.09. The van der Waals surface area contributed by atoms with Crippen LogP contribution in [0, 0.1) is 12.8 Å². The molecule has 2 aliphatic rings. The summed E-state index contributed by atoms with van der Waals surface area (Å²) in [4.78, 5) is 25.8. The molecular formula is C20H28N6O2. The number of rotatable bonds is 5. The number of likely N-dealkylation sites (tertiary alicyclic amines) is 1. The van der Waals surface area contributed by atoms with Gasteiger partial charge in [0.15, 0.2) is 0 Å². The summed E-state index contributed by atoms with van der Waals surface area (Å²) >= 11 is 0. The van der Waals surface area contributed by atoms with E-state index in [0.29, 0.717) is 24.4 Å². The van der Waals surface area contributed by atoms with E-state index in [9.17, 15) is 4.79 Å². The molecule has 8 heteroatoms. The van der Waals surface area contributed by atoms with Crippen molar-refractivity contribution in [3.05, 3.63) is 36.0 Å². The number of nitrogens with one attached hydrogen (secondary N) is 1. The molecule has 0 aromatic carbocycles. The molecule has 1 atom stereocenters. The van der Waals surface area contributed by atoms with Crippen LogP contribution in [0.1, 0.15) is 37.1 Å². The van der Waals surface area contributed by atoms with Crippen LogP contribution in [0.4, 0.5) is 5.95 Å². The van der Waals surface area contributed by atoms with Gasteiger partial charge in [-0.2, -0.15) is 4.98 Å². The van der Waals surface area contributed by atoms with Crippen molar-refractivity contribution < 1.29 is 9.32 Å². The van der Waals surface area contributed by atoms with E-state index in [4.69, 9.17) is 4.52 Å². The van der Waals surface area contributed by atoms with Crippen LogP contribution in [-0.2, 0) is 11.3 Å². The predicted octanol–water partition coefficient (Wildman–Crippen LogP) is 1.77. The van der Waals surface area contributed by atoms with Crippen molar-refractivity contribution in [3.8, 4) is 0 Å². The summed E-state index contributed by atoms with van der Waals surface area (Å²) in [7, 11) is 0. The van der Waals surface area contributed by atoms with Gasteiger partial charge in [-0.25, -0.2) is 0 Å². The molecule has 2 aliphatic heterocycles. The fourth-order valence-electron chi connectivity index (χ4n) is 4.24. The predicted molar refractivity (Wildman–Crippen MR) is 105 cm³/mol. The van der Waals surface area contributed by atoms with Crippen LogP contribution >= 0.6 is 0 Å². The van der Waals surface area contributed by atoms with E-state index in [2.05, 4.69) is 30.2 Å². The molecule has 0 unspecified atom stereocenters. The molecular weight excluding hydrogens is 356 g/mol. The zero-order valence-electron chi connectivity index (χ0n) is 16.4. The van der Waals surface area contributed by atoms with Gasteiger partial charge in [0, 0.05) is 51.5 Å². The van der Waals surface area contributed by atoms with Crippen LogP contribution in [-0.4, -0.2) is 58.2 Å². The molecule has 0 bridgehead atoms. The molecule has 0 aliphatic carbocycles. The lowest BCUT2D eigenvalue weighted by Crippen LogP contribution is -2.51. The number of aromatic nitrogens is 3. The molecule has 1 amide bonds. The zero-order chi connectivity index (χ0) is 19.3. The minimum Gasteiger partial charge on any atom is -0.352 e. The van der Waals surface area contributed by atoms with E-state index in [0.717, 1.165) is 57.4 Å². The maximum absolute atomic E-state index is 12.6. The van der Waals surface area contributed by atoms with Crippen LogP contribution < -0.4 is 10.2 Å². The molecule has 0 spiro atoms. The highest BCUT2D eigenvalue weighted by atomic mass is 16.5. The minimum atomic E-state index is 0.0725. The lowest BCUT2D eigenvalue weighted by Gasteiger charge is -2.41. The maximum atomic E-state index is 12.6. The molecule has 1 N–H and O–H groups in total. The Morgan fingerprint density at radius 3 is 2.86 bits per heavy atom. The Morgan fingerprint density at radius 2 is 2.14 bits per heavy atom. The first kappa shape index (κ1) is 18.9. The average molecular weight is 384 g/mol. The molecule has 0 radical (unpaired) electrons. The fraction of sp³-hybridized carbons (Fsp3) is 0.600. The van der Waals surface area contributed by atoms with Crippen molar-refractivity contribution in [1.29, 1.82) is 0 Å². The Hall–Kier alpha value is -2.48. The van der Waals surface area contributed by atoms with Gasteiger partial charge in [-0.3, -0.25) is 14.7 Å². The SMILES string of the molecule is Cc1nc(N2CCC(N3CCC[C@@H](C(=O)NCc4cccnc4)C3)CC2)no1. The number of carbonyl (C=O) groups is 1. The fourth-order valence-corrected chi connectivity index (χ4v) is 4.24. The number of carbonyl (C=O) groups excluding carboxylic acids is 1. The first-order valence-corrected chi connectivity index (χ1v) is 10.1. The van der Waals surface area contributed by atoms with Gasteiger partial charge in [-0.1, -0.05) is 6.07 Å². The summed E-state index contributed by atoms with van der Waals surface area (Å²) in [5.41, 5.74) is 1.03. The second-order valence-electron chi connectivity index (χ2n) is 7.74. The van der Waals surface area contributed by atoms with Crippen LogP contribution in [0.3, 0.4) is 0 Å². The van der Waals surface area contributed by atoms with Gasteiger partial charge in [-0.05, 0) is 49.0 Å². The topological polar surface area (TPSA) is 87.4 Å². The van der Waals surface area contributed by atoms with Gasteiger partial charge >= 0.3 is 0 Å². The molecule has 2 fully saturated rings. The van der Waals surface area contributed by atoms with Gasteiger partial charge in [0.25, 0.3) is 5.95 Å². The zero-order valence-corrected chi connectivity index (χ0v) is 16.4. The van der Waals surface area contributed by atoms with Crippen molar-refractivity contribution in [2.45, 2.75) is 45.2 Å². The minimum absolute atomic E-state index is 0.0725. The number of pyridine rings is 1. The Labute approximate surface area is 165 Å². The third-order valence-electron chi connectivity index (χ3n) is 5.79. The smallest absolute Gasteiger partial charge is 0.266 e. The normalized spacial score (nSPS) is 21.6. The second-order valence-corrected chi connectivity index (χ2v) is 7.74. The van der Waals surface area contributed by atoms with Crippen LogP contribution in [0.25, 0.3) is 0 Å². The molecule has 0 saturated carbocycles.